The van der Waals surface area contributed by atoms with Gasteiger partial charge in [-0.15, -0.1) is 0 Å². The number of rotatable bonds is 8. The van der Waals surface area contributed by atoms with E-state index in [0.29, 0.717) is 13.2 Å². The van der Waals surface area contributed by atoms with Crippen molar-refractivity contribution in [3.63, 3.8) is 0 Å². The van der Waals surface area contributed by atoms with Crippen molar-refractivity contribution in [2.75, 3.05) is 33.1 Å². The minimum Gasteiger partial charge on any atom is -0.383 e. The number of ether oxygens (including phenoxy) is 1. The highest BCUT2D eigenvalue weighted by atomic mass is 32.2. The highest BCUT2D eigenvalue weighted by Crippen LogP contribution is 2.15. The first-order valence-corrected chi connectivity index (χ1v) is 8.52. The first-order chi connectivity index (χ1) is 9.84. The number of nitrogens with one attached hydrogen (secondary N) is 2. The third-order valence-corrected chi connectivity index (χ3v) is 4.08. The third-order valence-electron chi connectivity index (χ3n) is 2.95. The number of hydrogen-bond donors (Lipinski definition) is 2. The van der Waals surface area contributed by atoms with Gasteiger partial charge in [-0.2, -0.15) is 0 Å². The zero-order valence-corrected chi connectivity index (χ0v) is 13.4. The number of methoxy groups -OCH3 is 1. The normalized spacial score (nSPS) is 12.9. The van der Waals surface area contributed by atoms with E-state index in [9.17, 15) is 13.2 Å². The Morgan fingerprint density at radius 2 is 1.90 bits per heavy atom. The summed E-state index contributed by atoms with van der Waals surface area (Å²) in [6, 6.07) is 6.32. The van der Waals surface area contributed by atoms with Crippen molar-refractivity contribution in [3.8, 4) is 0 Å². The van der Waals surface area contributed by atoms with Crippen LogP contribution in [0.15, 0.2) is 29.2 Å². The summed E-state index contributed by atoms with van der Waals surface area (Å²) < 4.78 is 27.6. The van der Waals surface area contributed by atoms with Crippen molar-refractivity contribution in [2.24, 2.45) is 0 Å². The Morgan fingerprint density at radius 1 is 1.29 bits per heavy atom. The third kappa shape index (κ3) is 6.24. The Bertz CT molecular complexity index is 555. The van der Waals surface area contributed by atoms with E-state index in [0.717, 1.165) is 5.56 Å². The molecule has 0 aromatic heterocycles. The van der Waals surface area contributed by atoms with E-state index in [-0.39, 0.29) is 23.4 Å². The van der Waals surface area contributed by atoms with E-state index in [2.05, 4.69) is 10.6 Å². The fraction of sp³-hybridized carbons (Fsp3) is 0.500. The zero-order valence-electron chi connectivity index (χ0n) is 12.5. The number of hydrogen-bond acceptors (Lipinski definition) is 5. The van der Waals surface area contributed by atoms with Gasteiger partial charge in [0, 0.05) is 19.9 Å². The van der Waals surface area contributed by atoms with Crippen molar-refractivity contribution in [2.45, 2.75) is 17.9 Å². The van der Waals surface area contributed by atoms with Crippen molar-refractivity contribution < 1.29 is 17.9 Å². The molecule has 0 aliphatic carbocycles. The zero-order chi connectivity index (χ0) is 15.9. The molecule has 0 bridgehead atoms. The monoisotopic (exact) mass is 314 g/mol. The van der Waals surface area contributed by atoms with Crippen LogP contribution in [0.1, 0.15) is 18.5 Å². The molecule has 0 aliphatic rings. The maximum absolute atomic E-state index is 11.7. The van der Waals surface area contributed by atoms with E-state index in [1.807, 2.05) is 6.92 Å². The van der Waals surface area contributed by atoms with Gasteiger partial charge in [0.2, 0.25) is 5.91 Å². The van der Waals surface area contributed by atoms with Gasteiger partial charge in [-0.1, -0.05) is 12.1 Å². The fourth-order valence-corrected chi connectivity index (χ4v) is 2.39. The smallest absolute Gasteiger partial charge is 0.234 e. The second kappa shape index (κ2) is 8.11. The van der Waals surface area contributed by atoms with Crippen LogP contribution in [-0.2, 0) is 19.4 Å². The van der Waals surface area contributed by atoms with Gasteiger partial charge in [0.05, 0.1) is 24.1 Å². The summed E-state index contributed by atoms with van der Waals surface area (Å²) in [5.41, 5.74) is 0.854. The molecule has 21 heavy (non-hydrogen) atoms. The molecule has 118 valence electrons. The summed E-state index contributed by atoms with van der Waals surface area (Å²) in [5, 5.41) is 5.80. The summed E-state index contributed by atoms with van der Waals surface area (Å²) in [6.07, 6.45) is 1.17. The number of carbonyl (C=O) groups is 1. The molecule has 1 unspecified atom stereocenters. The highest BCUT2D eigenvalue weighted by molar-refractivity contribution is 7.90. The van der Waals surface area contributed by atoms with Crippen LogP contribution >= 0.6 is 0 Å². The minimum absolute atomic E-state index is 0.120. The van der Waals surface area contributed by atoms with E-state index >= 15 is 0 Å². The number of carbonyl (C=O) groups excluding carboxylic acids is 1. The van der Waals surface area contributed by atoms with Crippen molar-refractivity contribution in [3.05, 3.63) is 29.8 Å². The molecule has 0 heterocycles. The molecule has 0 aliphatic heterocycles. The second-order valence-corrected chi connectivity index (χ2v) is 6.82. The molecule has 0 fully saturated rings. The van der Waals surface area contributed by atoms with Crippen LogP contribution in [0.4, 0.5) is 0 Å². The Morgan fingerprint density at radius 3 is 2.43 bits per heavy atom. The fourth-order valence-electron chi connectivity index (χ4n) is 1.76. The minimum atomic E-state index is -3.20. The molecular formula is C14H22N2O4S. The lowest BCUT2D eigenvalue weighted by Gasteiger charge is -2.15. The molecule has 1 aromatic rings. The molecule has 0 saturated heterocycles. The average Bonchev–Trinajstić information content (AvgIpc) is 2.43. The first-order valence-electron chi connectivity index (χ1n) is 6.63. The Kier molecular flexibility index (Phi) is 6.80. The number of sulfone groups is 1. The van der Waals surface area contributed by atoms with Crippen molar-refractivity contribution in [1.82, 2.24) is 10.6 Å². The van der Waals surface area contributed by atoms with Gasteiger partial charge in [0.25, 0.3) is 0 Å². The van der Waals surface area contributed by atoms with Crippen LogP contribution in [0.5, 0.6) is 0 Å². The Hall–Kier alpha value is -1.44. The molecule has 0 spiro atoms. The summed E-state index contributed by atoms with van der Waals surface area (Å²) in [4.78, 5) is 12.0. The standard InChI is InChI=1S/C14H22N2O4S/c1-11(16-14(17)10-15-8-9-20-2)12-4-6-13(7-5-12)21(3,18)19/h4-7,11,15H,8-10H2,1-3H3,(H,16,17). The SMILES string of the molecule is COCCNCC(=O)NC(C)c1ccc(S(C)(=O)=O)cc1. The van der Waals surface area contributed by atoms with Gasteiger partial charge in [0.1, 0.15) is 0 Å². The molecule has 6 nitrogen and oxygen atoms in total. The van der Waals surface area contributed by atoms with Crippen LogP contribution < -0.4 is 10.6 Å². The van der Waals surface area contributed by atoms with Gasteiger partial charge in [0.15, 0.2) is 9.84 Å². The van der Waals surface area contributed by atoms with Crippen molar-refractivity contribution >= 4 is 15.7 Å². The van der Waals surface area contributed by atoms with Crippen LogP contribution in [-0.4, -0.2) is 47.4 Å². The molecule has 1 atom stereocenters. The Labute approximate surface area is 125 Å². The molecule has 2 N–H and O–H groups in total. The maximum Gasteiger partial charge on any atom is 0.234 e. The van der Waals surface area contributed by atoms with Crippen LogP contribution in [0, 0.1) is 0 Å². The van der Waals surface area contributed by atoms with Crippen molar-refractivity contribution in [1.29, 1.82) is 0 Å². The quantitative estimate of drug-likeness (QED) is 0.683. The second-order valence-electron chi connectivity index (χ2n) is 4.80. The van der Waals surface area contributed by atoms with E-state index < -0.39 is 9.84 Å². The van der Waals surface area contributed by atoms with E-state index in [4.69, 9.17) is 4.74 Å². The average molecular weight is 314 g/mol. The molecule has 7 heteroatoms. The largest absolute Gasteiger partial charge is 0.383 e. The summed E-state index contributed by atoms with van der Waals surface area (Å²) in [6.45, 7) is 3.23. The lowest BCUT2D eigenvalue weighted by Crippen LogP contribution is -2.36. The van der Waals surface area contributed by atoms with Gasteiger partial charge in [-0.25, -0.2) is 8.42 Å². The van der Waals surface area contributed by atoms with Gasteiger partial charge < -0.3 is 15.4 Å². The lowest BCUT2D eigenvalue weighted by molar-refractivity contribution is -0.120. The molecular weight excluding hydrogens is 292 g/mol. The number of amides is 1. The predicted octanol–water partition coefficient (Wildman–Crippen LogP) is 0.503. The van der Waals surface area contributed by atoms with Gasteiger partial charge in [-0.3, -0.25) is 4.79 Å². The highest BCUT2D eigenvalue weighted by Gasteiger charge is 2.11. The summed E-state index contributed by atoms with van der Waals surface area (Å²) >= 11 is 0. The summed E-state index contributed by atoms with van der Waals surface area (Å²) in [7, 11) is -1.59. The maximum atomic E-state index is 11.7. The molecule has 0 radical (unpaired) electrons. The van der Waals surface area contributed by atoms with E-state index in [1.165, 1.54) is 6.26 Å². The topological polar surface area (TPSA) is 84.5 Å². The molecule has 0 saturated carbocycles. The van der Waals surface area contributed by atoms with Crippen LogP contribution in [0.2, 0.25) is 0 Å². The first kappa shape index (κ1) is 17.6. The van der Waals surface area contributed by atoms with Crippen LogP contribution in [0.3, 0.4) is 0 Å². The van der Waals surface area contributed by atoms with Crippen LogP contribution in [0.25, 0.3) is 0 Å². The molecule has 1 aromatic carbocycles. The number of benzene rings is 1. The molecule has 1 rings (SSSR count). The van der Waals surface area contributed by atoms with E-state index in [1.54, 1.807) is 31.4 Å². The van der Waals surface area contributed by atoms with Gasteiger partial charge in [-0.05, 0) is 24.6 Å². The predicted molar refractivity (Wildman–Crippen MR) is 80.9 cm³/mol. The molecule has 1 amide bonds. The summed E-state index contributed by atoms with van der Waals surface area (Å²) in [5.74, 6) is -0.120. The van der Waals surface area contributed by atoms with Gasteiger partial charge >= 0.3 is 0 Å². The Balaban J connectivity index is 2.52. The lowest BCUT2D eigenvalue weighted by atomic mass is 10.1.